The number of hydrogen-bond donors (Lipinski definition) is 3. The van der Waals surface area contributed by atoms with Crippen molar-refractivity contribution in [3.05, 3.63) is 75.1 Å². The van der Waals surface area contributed by atoms with Crippen LogP contribution in [0.2, 0.25) is 0 Å². The van der Waals surface area contributed by atoms with Gasteiger partial charge in [-0.2, -0.15) is 0 Å². The van der Waals surface area contributed by atoms with Gasteiger partial charge in [0.2, 0.25) is 0 Å². The Labute approximate surface area is 272 Å². The van der Waals surface area contributed by atoms with Crippen molar-refractivity contribution >= 4 is 30.4 Å². The Morgan fingerprint density at radius 2 is 1.72 bits per heavy atom. The standard InChI is InChI=1S/C30H42N3O11PS/c1-17(2)25(35)43-24-22(42-28(30(24,8)44-26(36)18(3)4)33-15-14-23(34)31-29(33)37)16-39-45(38,46)32-20(7)27(40-19(5)6)41-21-12-10-9-11-13-21/h9-15,17-19,22,24,28H,16H2,1-8H3,(H,31,34,37)(H2,32,38,46)/t22-,24-,28-,30-,45?/m1/s1. The molecule has 3 N–H and O–H groups in total. The Morgan fingerprint density at radius 1 is 1.09 bits per heavy atom. The van der Waals surface area contributed by atoms with Gasteiger partial charge in [-0.1, -0.05) is 45.9 Å². The lowest BCUT2D eigenvalue weighted by atomic mass is 9.95. The van der Waals surface area contributed by atoms with Crippen LogP contribution in [-0.2, 0) is 44.9 Å². The molecule has 0 aliphatic carbocycles. The summed E-state index contributed by atoms with van der Waals surface area (Å²) in [5.41, 5.74) is -3.06. The number of benzene rings is 1. The fourth-order valence-corrected chi connectivity index (χ4v) is 5.84. The van der Waals surface area contributed by atoms with E-state index in [4.69, 9.17) is 40.0 Å². The van der Waals surface area contributed by atoms with Crippen molar-refractivity contribution in [1.29, 1.82) is 0 Å². The molecule has 3 rings (SSSR count). The number of ether oxygens (including phenoxy) is 5. The van der Waals surface area contributed by atoms with Gasteiger partial charge in [-0.25, -0.2) is 4.79 Å². The quantitative estimate of drug-likeness (QED) is 0.150. The molecule has 0 spiro atoms. The summed E-state index contributed by atoms with van der Waals surface area (Å²) in [4.78, 5) is 63.7. The van der Waals surface area contributed by atoms with E-state index in [1.165, 1.54) is 13.1 Å². The van der Waals surface area contributed by atoms with E-state index >= 15 is 0 Å². The van der Waals surface area contributed by atoms with Crippen molar-refractivity contribution in [2.24, 2.45) is 11.8 Å². The van der Waals surface area contributed by atoms with Crippen LogP contribution < -0.4 is 21.1 Å². The molecule has 254 valence electrons. The zero-order valence-corrected chi connectivity index (χ0v) is 28.8. The van der Waals surface area contributed by atoms with Crippen LogP contribution in [0.5, 0.6) is 5.75 Å². The molecule has 1 aromatic carbocycles. The third-order valence-electron chi connectivity index (χ3n) is 6.63. The first-order chi connectivity index (χ1) is 21.4. The molecule has 0 radical (unpaired) electrons. The Bertz CT molecular complexity index is 1570. The number of aromatic amines is 1. The molecule has 1 fully saturated rings. The van der Waals surface area contributed by atoms with Crippen LogP contribution in [-0.4, -0.2) is 56.9 Å². The van der Waals surface area contributed by atoms with E-state index in [0.717, 1.165) is 10.6 Å². The van der Waals surface area contributed by atoms with E-state index in [2.05, 4.69) is 10.1 Å². The molecule has 1 unspecified atom stereocenters. The van der Waals surface area contributed by atoms with Crippen molar-refractivity contribution in [2.75, 3.05) is 6.61 Å². The Morgan fingerprint density at radius 3 is 2.28 bits per heavy atom. The highest BCUT2D eigenvalue weighted by Crippen LogP contribution is 2.46. The van der Waals surface area contributed by atoms with Crippen molar-refractivity contribution in [1.82, 2.24) is 14.6 Å². The number of carbonyl (C=O) groups excluding carboxylic acids is 2. The lowest BCUT2D eigenvalue weighted by Gasteiger charge is -2.35. The minimum Gasteiger partial charge on any atom is -0.461 e. The van der Waals surface area contributed by atoms with E-state index < -0.39 is 72.3 Å². The molecule has 46 heavy (non-hydrogen) atoms. The molecule has 2 aromatic rings. The first-order valence-electron chi connectivity index (χ1n) is 14.7. The normalized spacial score (nSPS) is 23.1. The number of hydrogen-bond acceptors (Lipinski definition) is 11. The molecule has 1 aliphatic rings. The molecule has 16 heteroatoms. The largest absolute Gasteiger partial charge is 0.461 e. The maximum atomic E-state index is 12.9. The summed E-state index contributed by atoms with van der Waals surface area (Å²) >= 11 is 5.38. The molecule has 1 aliphatic heterocycles. The number of nitrogens with one attached hydrogen (secondary N) is 2. The number of carbonyl (C=O) groups is 2. The molecular weight excluding hydrogens is 641 g/mol. The van der Waals surface area contributed by atoms with Crippen molar-refractivity contribution in [3.63, 3.8) is 0 Å². The summed E-state index contributed by atoms with van der Waals surface area (Å²) in [6.07, 6.45) is -3.02. The van der Waals surface area contributed by atoms with Crippen LogP contribution in [0.15, 0.2) is 63.8 Å². The predicted molar refractivity (Wildman–Crippen MR) is 171 cm³/mol. The van der Waals surface area contributed by atoms with Gasteiger partial charge in [0.05, 0.1) is 30.2 Å². The number of allylic oxidation sites excluding steroid dienone is 1. The average Bonchev–Trinajstić information content (AvgIpc) is 3.21. The molecule has 0 bridgehead atoms. The van der Waals surface area contributed by atoms with Crippen molar-refractivity contribution in [2.45, 2.75) is 85.5 Å². The van der Waals surface area contributed by atoms with Gasteiger partial charge in [-0.3, -0.25) is 23.9 Å². The maximum absolute atomic E-state index is 12.9. The van der Waals surface area contributed by atoms with Crippen LogP contribution in [0.1, 0.15) is 61.6 Å². The van der Waals surface area contributed by atoms with Gasteiger partial charge in [0.25, 0.3) is 12.2 Å². The molecule has 0 saturated carbocycles. The fourth-order valence-electron chi connectivity index (χ4n) is 4.32. The van der Waals surface area contributed by atoms with Crippen LogP contribution >= 0.6 is 6.64 Å². The molecular formula is C30H42N3O11PS. The Hall–Kier alpha value is -3.49. The Balaban J connectivity index is 1.96. The summed E-state index contributed by atoms with van der Waals surface area (Å²) in [6.45, 7) is 8.78. The van der Waals surface area contributed by atoms with Crippen molar-refractivity contribution < 1.29 is 42.7 Å². The van der Waals surface area contributed by atoms with Crippen LogP contribution in [0.25, 0.3) is 0 Å². The second-order valence-electron chi connectivity index (χ2n) is 11.7. The Kier molecular flexibility index (Phi) is 12.4. The molecule has 0 amide bonds. The summed E-state index contributed by atoms with van der Waals surface area (Å²) in [5, 5.41) is 2.75. The molecule has 1 saturated heterocycles. The monoisotopic (exact) mass is 683 g/mol. The third-order valence-corrected chi connectivity index (χ3v) is 8.34. The number of H-pyrrole nitrogens is 1. The SMILES string of the molecule is CC(NP(O)(=S)OC[C@H]1O[C@@H](n2ccc(=O)[nH]c2=O)[C@](C)(OC(=O)C(C)C)[C@@H]1OC(=O)C(C)C)=C(Oc1ccccc1)OC(C)C. The highest BCUT2D eigenvalue weighted by molar-refractivity contribution is 8.08. The lowest BCUT2D eigenvalue weighted by molar-refractivity contribution is -0.191. The summed E-state index contributed by atoms with van der Waals surface area (Å²) in [6, 6.07) is 9.95. The minimum absolute atomic E-state index is 0.0552. The van der Waals surface area contributed by atoms with Crippen molar-refractivity contribution in [3.8, 4) is 5.75 Å². The van der Waals surface area contributed by atoms with Gasteiger partial charge in [-0.05, 0) is 51.6 Å². The third kappa shape index (κ3) is 9.52. The van der Waals surface area contributed by atoms with Gasteiger partial charge in [0, 0.05) is 12.3 Å². The molecule has 2 heterocycles. The number of aromatic nitrogens is 2. The average molecular weight is 684 g/mol. The number of rotatable bonds is 14. The van der Waals surface area contributed by atoms with Crippen LogP contribution in [0, 0.1) is 11.8 Å². The van der Waals surface area contributed by atoms with Gasteiger partial charge in [-0.15, -0.1) is 0 Å². The second kappa shape index (κ2) is 15.4. The highest BCUT2D eigenvalue weighted by Gasteiger charge is 2.60. The summed E-state index contributed by atoms with van der Waals surface area (Å²) in [5.74, 6) is -1.94. The predicted octanol–water partition coefficient (Wildman–Crippen LogP) is 3.48. The zero-order chi connectivity index (χ0) is 34.4. The van der Waals surface area contributed by atoms with Gasteiger partial charge in [0.1, 0.15) is 11.9 Å². The van der Waals surface area contributed by atoms with E-state index in [1.54, 1.807) is 72.7 Å². The smallest absolute Gasteiger partial charge is 0.330 e. The van der Waals surface area contributed by atoms with Crippen LogP contribution in [0.3, 0.4) is 0 Å². The minimum atomic E-state index is -3.85. The number of para-hydroxylation sites is 1. The molecule has 5 atom stereocenters. The summed E-state index contributed by atoms with van der Waals surface area (Å²) in [7, 11) is 0. The van der Waals surface area contributed by atoms with Crippen LogP contribution in [0.4, 0.5) is 0 Å². The summed E-state index contributed by atoms with van der Waals surface area (Å²) < 4.78 is 36.3. The van der Waals surface area contributed by atoms with E-state index in [-0.39, 0.29) is 17.7 Å². The number of nitrogens with zero attached hydrogens (tertiary/aromatic N) is 1. The molecule has 14 nitrogen and oxygen atoms in total. The fraction of sp³-hybridized carbons (Fsp3) is 0.533. The van der Waals surface area contributed by atoms with Gasteiger partial charge >= 0.3 is 23.6 Å². The van der Waals surface area contributed by atoms with E-state index in [1.807, 2.05) is 6.07 Å². The van der Waals surface area contributed by atoms with Gasteiger partial charge in [0.15, 0.2) is 17.9 Å². The highest BCUT2D eigenvalue weighted by atomic mass is 32.5. The number of esters is 2. The first kappa shape index (κ1) is 37.0. The topological polar surface area (TPSA) is 177 Å². The zero-order valence-electron chi connectivity index (χ0n) is 27.0. The van der Waals surface area contributed by atoms with Gasteiger partial charge < -0.3 is 38.2 Å². The lowest BCUT2D eigenvalue weighted by Crippen LogP contribution is -2.52. The van der Waals surface area contributed by atoms with E-state index in [9.17, 15) is 24.1 Å². The first-order valence-corrected chi connectivity index (χ1v) is 17.4. The second-order valence-corrected chi connectivity index (χ2v) is 14.7. The van der Waals surface area contributed by atoms with E-state index in [0.29, 0.717) is 5.75 Å². The molecule has 1 aromatic heterocycles. The maximum Gasteiger partial charge on any atom is 0.330 e.